The topological polar surface area (TPSA) is 80.9 Å². The van der Waals surface area contributed by atoms with Gasteiger partial charge in [0, 0.05) is 21.0 Å². The summed E-state index contributed by atoms with van der Waals surface area (Å²) in [6.45, 7) is 0. The molecule has 10 heteroatoms. The SMILES string of the molecule is O=C(CSc1nnc(-c2ccc(F)cc2)o1)Nc1nc(-c2ccc(Br)cc2)cs1. The van der Waals surface area contributed by atoms with Crippen molar-refractivity contribution < 1.29 is 13.6 Å². The number of benzene rings is 2. The van der Waals surface area contributed by atoms with E-state index in [1.807, 2.05) is 29.6 Å². The first-order valence-corrected chi connectivity index (χ1v) is 11.0. The molecule has 2 heterocycles. The lowest BCUT2D eigenvalue weighted by molar-refractivity contribution is -0.113. The number of aromatic nitrogens is 3. The minimum Gasteiger partial charge on any atom is -0.411 e. The molecule has 2 aromatic carbocycles. The number of hydrogen-bond acceptors (Lipinski definition) is 7. The van der Waals surface area contributed by atoms with Crippen molar-refractivity contribution in [2.75, 3.05) is 11.1 Å². The van der Waals surface area contributed by atoms with Crippen LogP contribution >= 0.6 is 39.0 Å². The van der Waals surface area contributed by atoms with E-state index in [0.717, 1.165) is 27.5 Å². The molecule has 2 aromatic heterocycles. The largest absolute Gasteiger partial charge is 0.411 e. The van der Waals surface area contributed by atoms with E-state index in [-0.39, 0.29) is 28.6 Å². The number of carbonyl (C=O) groups is 1. The molecule has 4 rings (SSSR count). The van der Waals surface area contributed by atoms with E-state index in [1.54, 1.807) is 12.1 Å². The van der Waals surface area contributed by atoms with Gasteiger partial charge in [-0.3, -0.25) is 4.79 Å². The quantitative estimate of drug-likeness (QED) is 0.359. The van der Waals surface area contributed by atoms with Crippen LogP contribution in [0, 0.1) is 5.82 Å². The Labute approximate surface area is 181 Å². The van der Waals surface area contributed by atoms with E-state index in [9.17, 15) is 9.18 Å². The Morgan fingerprint density at radius 3 is 2.59 bits per heavy atom. The number of anilines is 1. The van der Waals surface area contributed by atoms with Crippen molar-refractivity contribution in [3.63, 3.8) is 0 Å². The maximum Gasteiger partial charge on any atom is 0.277 e. The Kier molecular flexibility index (Phi) is 6.02. The molecule has 0 aliphatic heterocycles. The number of carbonyl (C=O) groups excluding carboxylic acids is 1. The van der Waals surface area contributed by atoms with Gasteiger partial charge < -0.3 is 9.73 Å². The van der Waals surface area contributed by atoms with E-state index in [1.165, 1.54) is 23.5 Å². The van der Waals surface area contributed by atoms with Crippen LogP contribution in [0.5, 0.6) is 0 Å². The van der Waals surface area contributed by atoms with Gasteiger partial charge in [0.2, 0.25) is 11.8 Å². The molecule has 1 N–H and O–H groups in total. The predicted octanol–water partition coefficient (Wildman–Crippen LogP) is 5.49. The summed E-state index contributed by atoms with van der Waals surface area (Å²) >= 11 is 5.87. The number of thiazole rings is 1. The molecule has 29 heavy (non-hydrogen) atoms. The third-order valence-electron chi connectivity index (χ3n) is 3.71. The number of rotatable bonds is 6. The highest BCUT2D eigenvalue weighted by molar-refractivity contribution is 9.10. The van der Waals surface area contributed by atoms with E-state index in [4.69, 9.17) is 4.42 Å². The van der Waals surface area contributed by atoms with E-state index in [2.05, 4.69) is 36.4 Å². The predicted molar refractivity (Wildman–Crippen MR) is 114 cm³/mol. The van der Waals surface area contributed by atoms with Crippen molar-refractivity contribution in [2.45, 2.75) is 5.22 Å². The Morgan fingerprint density at radius 1 is 1.10 bits per heavy atom. The van der Waals surface area contributed by atoms with Crippen molar-refractivity contribution in [3.05, 3.63) is 64.2 Å². The van der Waals surface area contributed by atoms with Crippen LogP contribution < -0.4 is 5.32 Å². The summed E-state index contributed by atoms with van der Waals surface area (Å²) in [6, 6.07) is 13.5. The summed E-state index contributed by atoms with van der Waals surface area (Å²) in [6.07, 6.45) is 0. The lowest BCUT2D eigenvalue weighted by Gasteiger charge is -2.00. The van der Waals surface area contributed by atoms with Gasteiger partial charge in [-0.05, 0) is 36.4 Å². The zero-order chi connectivity index (χ0) is 20.2. The average molecular weight is 491 g/mol. The van der Waals surface area contributed by atoms with Crippen molar-refractivity contribution >= 4 is 50.1 Å². The highest BCUT2D eigenvalue weighted by Gasteiger charge is 2.13. The highest BCUT2D eigenvalue weighted by atomic mass is 79.9. The fourth-order valence-electron chi connectivity index (χ4n) is 2.34. The fourth-order valence-corrected chi connectivity index (χ4v) is 3.91. The zero-order valence-corrected chi connectivity index (χ0v) is 17.9. The van der Waals surface area contributed by atoms with E-state index >= 15 is 0 Å². The normalized spacial score (nSPS) is 10.8. The number of amides is 1. The second-order valence-electron chi connectivity index (χ2n) is 5.76. The van der Waals surface area contributed by atoms with Gasteiger partial charge in [0.15, 0.2) is 5.13 Å². The van der Waals surface area contributed by atoms with Gasteiger partial charge in [0.1, 0.15) is 5.82 Å². The first-order valence-electron chi connectivity index (χ1n) is 8.30. The molecule has 0 saturated carbocycles. The number of nitrogens with zero attached hydrogens (tertiary/aromatic N) is 3. The second-order valence-corrected chi connectivity index (χ2v) is 8.46. The Balaban J connectivity index is 1.33. The molecule has 1 amide bonds. The minimum atomic E-state index is -0.343. The van der Waals surface area contributed by atoms with Crippen LogP contribution in [0.2, 0.25) is 0 Å². The van der Waals surface area contributed by atoms with Crippen LogP contribution in [0.25, 0.3) is 22.7 Å². The number of thioether (sulfide) groups is 1. The van der Waals surface area contributed by atoms with Crippen LogP contribution in [-0.2, 0) is 4.79 Å². The summed E-state index contributed by atoms with van der Waals surface area (Å²) in [4.78, 5) is 16.6. The minimum absolute atomic E-state index is 0.0955. The van der Waals surface area contributed by atoms with E-state index < -0.39 is 0 Å². The maximum absolute atomic E-state index is 13.0. The molecular weight excluding hydrogens is 479 g/mol. The molecule has 0 radical (unpaired) electrons. The number of hydrogen-bond donors (Lipinski definition) is 1. The van der Waals surface area contributed by atoms with Crippen molar-refractivity contribution in [1.29, 1.82) is 0 Å². The van der Waals surface area contributed by atoms with Crippen LogP contribution in [0.3, 0.4) is 0 Å². The molecule has 0 aliphatic carbocycles. The summed E-state index contributed by atoms with van der Waals surface area (Å²) in [5, 5.41) is 13.2. The molecule has 0 unspecified atom stereocenters. The first kappa shape index (κ1) is 19.7. The summed E-state index contributed by atoms with van der Waals surface area (Å²) in [7, 11) is 0. The lowest BCUT2D eigenvalue weighted by Crippen LogP contribution is -2.13. The standard InChI is InChI=1S/C19H12BrFN4O2S2/c20-13-5-1-11(2-6-13)15-9-28-18(22-15)23-16(26)10-29-19-25-24-17(27-19)12-3-7-14(21)8-4-12/h1-9H,10H2,(H,22,23,26). The highest BCUT2D eigenvalue weighted by Crippen LogP contribution is 2.27. The molecule has 6 nitrogen and oxygen atoms in total. The Morgan fingerprint density at radius 2 is 1.83 bits per heavy atom. The molecule has 0 spiro atoms. The van der Waals surface area contributed by atoms with E-state index in [0.29, 0.717) is 10.7 Å². The van der Waals surface area contributed by atoms with Crippen molar-refractivity contribution in [2.24, 2.45) is 0 Å². The van der Waals surface area contributed by atoms with Crippen LogP contribution in [0.1, 0.15) is 0 Å². The Hall–Kier alpha value is -2.56. The third-order valence-corrected chi connectivity index (χ3v) is 5.82. The molecule has 0 aliphatic rings. The fraction of sp³-hybridized carbons (Fsp3) is 0.0526. The smallest absolute Gasteiger partial charge is 0.277 e. The second kappa shape index (κ2) is 8.85. The van der Waals surface area contributed by atoms with Gasteiger partial charge in [-0.25, -0.2) is 9.37 Å². The van der Waals surface area contributed by atoms with Crippen molar-refractivity contribution in [1.82, 2.24) is 15.2 Å². The zero-order valence-electron chi connectivity index (χ0n) is 14.6. The molecular formula is C19H12BrFN4O2S2. The number of halogens is 2. The average Bonchev–Trinajstić information content (AvgIpc) is 3.37. The summed E-state index contributed by atoms with van der Waals surface area (Å²) in [5.74, 6) is -0.205. The summed E-state index contributed by atoms with van der Waals surface area (Å²) < 4.78 is 19.5. The molecule has 0 atom stereocenters. The Bertz CT molecular complexity index is 1130. The molecule has 146 valence electrons. The third kappa shape index (κ3) is 5.08. The van der Waals surface area contributed by atoms with Crippen molar-refractivity contribution in [3.8, 4) is 22.7 Å². The first-order chi connectivity index (χ1) is 14.1. The summed E-state index contributed by atoms with van der Waals surface area (Å²) in [5.41, 5.74) is 2.38. The molecule has 0 bridgehead atoms. The van der Waals surface area contributed by atoms with Crippen LogP contribution in [0.15, 0.2) is 68.0 Å². The van der Waals surface area contributed by atoms with Gasteiger partial charge in [-0.1, -0.05) is 39.8 Å². The van der Waals surface area contributed by atoms with Gasteiger partial charge >= 0.3 is 0 Å². The lowest BCUT2D eigenvalue weighted by atomic mass is 10.2. The van der Waals surface area contributed by atoms with Gasteiger partial charge in [0.25, 0.3) is 5.22 Å². The van der Waals surface area contributed by atoms with Gasteiger partial charge in [-0.15, -0.1) is 21.5 Å². The van der Waals surface area contributed by atoms with Crippen LogP contribution in [0.4, 0.5) is 9.52 Å². The molecule has 0 saturated heterocycles. The monoisotopic (exact) mass is 490 g/mol. The molecule has 0 fully saturated rings. The van der Waals surface area contributed by atoms with Gasteiger partial charge in [0.05, 0.1) is 11.4 Å². The maximum atomic E-state index is 13.0. The number of nitrogens with one attached hydrogen (secondary N) is 1. The van der Waals surface area contributed by atoms with Gasteiger partial charge in [-0.2, -0.15) is 0 Å². The molecule has 4 aromatic rings. The van der Waals surface area contributed by atoms with Crippen LogP contribution in [-0.4, -0.2) is 26.8 Å².